The van der Waals surface area contributed by atoms with Crippen LogP contribution in [0.25, 0.3) is 0 Å². The van der Waals surface area contributed by atoms with Crippen LogP contribution in [0.2, 0.25) is 0 Å². The summed E-state index contributed by atoms with van der Waals surface area (Å²) in [5.41, 5.74) is 3.21. The molecular formula is C17H19BrN2O. The van der Waals surface area contributed by atoms with Crippen molar-refractivity contribution in [2.75, 3.05) is 11.9 Å². The van der Waals surface area contributed by atoms with Crippen LogP contribution in [0.3, 0.4) is 0 Å². The molecule has 0 aliphatic heterocycles. The van der Waals surface area contributed by atoms with Crippen LogP contribution < -0.4 is 10.6 Å². The summed E-state index contributed by atoms with van der Waals surface area (Å²) in [7, 11) is 0. The zero-order valence-corrected chi connectivity index (χ0v) is 13.8. The second-order valence-electron chi connectivity index (χ2n) is 5.07. The quantitative estimate of drug-likeness (QED) is 0.857. The van der Waals surface area contributed by atoms with Crippen molar-refractivity contribution in [1.82, 2.24) is 5.32 Å². The van der Waals surface area contributed by atoms with Gasteiger partial charge in [0.05, 0.1) is 6.54 Å². The van der Waals surface area contributed by atoms with Crippen LogP contribution in [-0.4, -0.2) is 12.5 Å². The molecule has 0 aromatic heterocycles. The average Bonchev–Trinajstić information content (AvgIpc) is 2.47. The molecule has 1 atom stereocenters. The molecule has 0 aliphatic carbocycles. The third-order valence-electron chi connectivity index (χ3n) is 3.24. The number of carbonyl (C=O) groups excluding carboxylic acids is 1. The molecule has 1 amide bonds. The molecule has 0 unspecified atom stereocenters. The van der Waals surface area contributed by atoms with Crippen molar-refractivity contribution in [2.45, 2.75) is 19.9 Å². The van der Waals surface area contributed by atoms with Gasteiger partial charge in [0.25, 0.3) is 0 Å². The van der Waals surface area contributed by atoms with Crippen molar-refractivity contribution < 1.29 is 4.79 Å². The van der Waals surface area contributed by atoms with Gasteiger partial charge in [-0.3, -0.25) is 4.79 Å². The lowest BCUT2D eigenvalue weighted by Crippen LogP contribution is -2.30. The van der Waals surface area contributed by atoms with Gasteiger partial charge in [-0.2, -0.15) is 0 Å². The Morgan fingerprint density at radius 1 is 1.19 bits per heavy atom. The summed E-state index contributed by atoms with van der Waals surface area (Å²) < 4.78 is 0.992. The Balaban J connectivity index is 1.84. The average molecular weight is 347 g/mol. The summed E-state index contributed by atoms with van der Waals surface area (Å²) >= 11 is 3.37. The minimum Gasteiger partial charge on any atom is -0.325 e. The zero-order valence-electron chi connectivity index (χ0n) is 12.2. The van der Waals surface area contributed by atoms with E-state index in [9.17, 15) is 4.79 Å². The number of carbonyl (C=O) groups is 1. The van der Waals surface area contributed by atoms with E-state index in [1.54, 1.807) is 0 Å². The van der Waals surface area contributed by atoms with Gasteiger partial charge in [-0.1, -0.05) is 45.8 Å². The third kappa shape index (κ3) is 4.99. The molecule has 0 saturated heterocycles. The van der Waals surface area contributed by atoms with Gasteiger partial charge >= 0.3 is 0 Å². The zero-order chi connectivity index (χ0) is 15.2. The SMILES string of the molecule is Cc1cccc([C@@H](C)NCC(=O)Nc2ccc(Br)cc2)c1. The highest BCUT2D eigenvalue weighted by Crippen LogP contribution is 2.15. The molecule has 0 spiro atoms. The van der Waals surface area contributed by atoms with Crippen LogP contribution in [0, 0.1) is 6.92 Å². The molecule has 3 nitrogen and oxygen atoms in total. The predicted molar refractivity (Wildman–Crippen MR) is 90.4 cm³/mol. The molecule has 0 saturated carbocycles. The number of aryl methyl sites for hydroxylation is 1. The number of benzene rings is 2. The maximum absolute atomic E-state index is 11.9. The maximum Gasteiger partial charge on any atom is 0.238 e. The minimum atomic E-state index is -0.0446. The van der Waals surface area contributed by atoms with E-state index in [-0.39, 0.29) is 18.5 Å². The Morgan fingerprint density at radius 2 is 1.90 bits per heavy atom. The fourth-order valence-corrected chi connectivity index (χ4v) is 2.31. The van der Waals surface area contributed by atoms with Crippen LogP contribution in [0.15, 0.2) is 53.0 Å². The fourth-order valence-electron chi connectivity index (χ4n) is 2.04. The van der Waals surface area contributed by atoms with Crippen molar-refractivity contribution in [3.63, 3.8) is 0 Å². The molecule has 2 N–H and O–H groups in total. The smallest absolute Gasteiger partial charge is 0.238 e. The van der Waals surface area contributed by atoms with Crippen molar-refractivity contribution in [1.29, 1.82) is 0 Å². The standard InChI is InChI=1S/C17H19BrN2O/c1-12-4-3-5-14(10-12)13(2)19-11-17(21)20-16-8-6-15(18)7-9-16/h3-10,13,19H,11H2,1-2H3,(H,20,21)/t13-/m1/s1. The van der Waals surface area contributed by atoms with Crippen molar-refractivity contribution in [2.24, 2.45) is 0 Å². The van der Waals surface area contributed by atoms with E-state index in [1.165, 1.54) is 11.1 Å². The van der Waals surface area contributed by atoms with E-state index in [0.29, 0.717) is 0 Å². The van der Waals surface area contributed by atoms with E-state index >= 15 is 0 Å². The van der Waals surface area contributed by atoms with E-state index in [0.717, 1.165) is 10.2 Å². The summed E-state index contributed by atoms with van der Waals surface area (Å²) in [5.74, 6) is -0.0446. The maximum atomic E-state index is 11.9. The number of hydrogen-bond acceptors (Lipinski definition) is 2. The molecule has 0 bridgehead atoms. The highest BCUT2D eigenvalue weighted by molar-refractivity contribution is 9.10. The Hall–Kier alpha value is -1.65. The van der Waals surface area contributed by atoms with Gasteiger partial charge in [0.1, 0.15) is 0 Å². The molecule has 110 valence electrons. The number of hydrogen-bond donors (Lipinski definition) is 2. The second kappa shape index (κ2) is 7.38. The Kier molecular flexibility index (Phi) is 5.53. The molecule has 0 aliphatic rings. The van der Waals surface area contributed by atoms with Crippen molar-refractivity contribution in [3.05, 3.63) is 64.1 Å². The number of amides is 1. The van der Waals surface area contributed by atoms with Crippen LogP contribution in [0.5, 0.6) is 0 Å². The molecule has 0 heterocycles. The summed E-state index contributed by atoms with van der Waals surface area (Å²) in [6.07, 6.45) is 0. The molecule has 21 heavy (non-hydrogen) atoms. The van der Waals surface area contributed by atoms with Gasteiger partial charge in [-0.15, -0.1) is 0 Å². The number of nitrogens with one attached hydrogen (secondary N) is 2. The van der Waals surface area contributed by atoms with Crippen molar-refractivity contribution in [3.8, 4) is 0 Å². The highest BCUT2D eigenvalue weighted by Gasteiger charge is 2.08. The number of rotatable bonds is 5. The first-order chi connectivity index (χ1) is 10.0. The lowest BCUT2D eigenvalue weighted by atomic mass is 10.1. The van der Waals surface area contributed by atoms with E-state index < -0.39 is 0 Å². The lowest BCUT2D eigenvalue weighted by molar-refractivity contribution is -0.115. The number of halogens is 1. The summed E-state index contributed by atoms with van der Waals surface area (Å²) in [5, 5.41) is 6.10. The first-order valence-electron chi connectivity index (χ1n) is 6.90. The first-order valence-corrected chi connectivity index (χ1v) is 7.69. The summed E-state index contributed by atoms with van der Waals surface area (Å²) in [6, 6.07) is 16.0. The summed E-state index contributed by atoms with van der Waals surface area (Å²) in [6.45, 7) is 4.41. The van der Waals surface area contributed by atoms with E-state index in [1.807, 2.05) is 30.3 Å². The molecule has 0 radical (unpaired) electrons. The molecule has 2 rings (SSSR count). The van der Waals surface area contributed by atoms with Crippen LogP contribution >= 0.6 is 15.9 Å². The topological polar surface area (TPSA) is 41.1 Å². The van der Waals surface area contributed by atoms with Gasteiger partial charge < -0.3 is 10.6 Å². The van der Waals surface area contributed by atoms with Gasteiger partial charge in [0.15, 0.2) is 0 Å². The predicted octanol–water partition coefficient (Wildman–Crippen LogP) is 4.05. The lowest BCUT2D eigenvalue weighted by Gasteiger charge is -2.14. The Labute approximate surface area is 133 Å². The third-order valence-corrected chi connectivity index (χ3v) is 3.77. The highest BCUT2D eigenvalue weighted by atomic mass is 79.9. The molecule has 2 aromatic carbocycles. The summed E-state index contributed by atoms with van der Waals surface area (Å²) in [4.78, 5) is 11.9. The van der Waals surface area contributed by atoms with E-state index in [4.69, 9.17) is 0 Å². The van der Waals surface area contributed by atoms with Crippen molar-refractivity contribution >= 4 is 27.5 Å². The van der Waals surface area contributed by atoms with Gasteiger partial charge in [-0.05, 0) is 43.7 Å². The van der Waals surface area contributed by atoms with Gasteiger partial charge in [0, 0.05) is 16.2 Å². The Morgan fingerprint density at radius 3 is 2.57 bits per heavy atom. The van der Waals surface area contributed by atoms with Crippen LogP contribution in [0.4, 0.5) is 5.69 Å². The van der Waals surface area contributed by atoms with E-state index in [2.05, 4.69) is 58.6 Å². The Bertz CT molecular complexity index is 610. The first kappa shape index (κ1) is 15.7. The van der Waals surface area contributed by atoms with Gasteiger partial charge in [0.2, 0.25) is 5.91 Å². The molecule has 4 heteroatoms. The molecule has 0 fully saturated rings. The number of anilines is 1. The second-order valence-corrected chi connectivity index (χ2v) is 5.99. The van der Waals surface area contributed by atoms with Gasteiger partial charge in [-0.25, -0.2) is 0 Å². The molecule has 2 aromatic rings. The monoisotopic (exact) mass is 346 g/mol. The minimum absolute atomic E-state index is 0.0446. The molecular weight excluding hydrogens is 328 g/mol. The van der Waals surface area contributed by atoms with Crippen LogP contribution in [-0.2, 0) is 4.79 Å². The largest absolute Gasteiger partial charge is 0.325 e. The fraction of sp³-hybridized carbons (Fsp3) is 0.235. The van der Waals surface area contributed by atoms with Crippen LogP contribution in [0.1, 0.15) is 24.1 Å². The normalized spacial score (nSPS) is 12.0.